The number of ether oxygens (including phenoxy) is 1. The van der Waals surface area contributed by atoms with E-state index in [1.165, 1.54) is 26.0 Å². The van der Waals surface area contributed by atoms with Crippen molar-refractivity contribution in [3.8, 4) is 5.75 Å². The molecule has 1 fully saturated rings. The molecule has 1 aliphatic rings. The predicted molar refractivity (Wildman–Crippen MR) is 71.6 cm³/mol. The van der Waals surface area contributed by atoms with E-state index in [4.69, 9.17) is 16.3 Å². The third kappa shape index (κ3) is 3.36. The van der Waals surface area contributed by atoms with Crippen molar-refractivity contribution in [1.29, 1.82) is 0 Å². The molecule has 4 heteroatoms. The molecule has 1 aliphatic carbocycles. The maximum atomic E-state index is 13.7. The summed E-state index contributed by atoms with van der Waals surface area (Å²) < 4.78 is 18.6. The minimum Gasteiger partial charge on any atom is -0.497 e. The zero-order valence-electron chi connectivity index (χ0n) is 10.6. The van der Waals surface area contributed by atoms with Crippen molar-refractivity contribution in [2.75, 3.05) is 13.7 Å². The van der Waals surface area contributed by atoms with Gasteiger partial charge in [-0.15, -0.1) is 11.6 Å². The molecule has 0 heterocycles. The van der Waals surface area contributed by atoms with Crippen LogP contribution < -0.4 is 10.1 Å². The quantitative estimate of drug-likeness (QED) is 0.830. The molecule has 0 saturated heterocycles. The molecule has 1 N–H and O–H groups in total. The molecule has 0 aliphatic heterocycles. The van der Waals surface area contributed by atoms with Crippen molar-refractivity contribution in [1.82, 2.24) is 5.32 Å². The summed E-state index contributed by atoms with van der Waals surface area (Å²) in [7, 11) is 1.54. The van der Waals surface area contributed by atoms with Gasteiger partial charge in [-0.25, -0.2) is 4.39 Å². The van der Waals surface area contributed by atoms with Gasteiger partial charge < -0.3 is 10.1 Å². The zero-order valence-corrected chi connectivity index (χ0v) is 11.3. The highest BCUT2D eigenvalue weighted by Gasteiger charge is 2.24. The van der Waals surface area contributed by atoms with Gasteiger partial charge in [-0.2, -0.15) is 0 Å². The Morgan fingerprint density at radius 3 is 2.89 bits per heavy atom. The molecule has 0 bridgehead atoms. The second-order valence-corrected chi connectivity index (χ2v) is 5.36. The fourth-order valence-corrected chi connectivity index (χ4v) is 2.78. The standard InChI is InChI=1S/C14H19ClFNO/c1-18-12-6-5-11(14(16)7-12)9-17-8-10-3-2-4-13(10)15/h5-7,10,13,17H,2-4,8-9H2,1H3. The van der Waals surface area contributed by atoms with E-state index in [1.807, 2.05) is 0 Å². The number of hydrogen-bond acceptors (Lipinski definition) is 2. The topological polar surface area (TPSA) is 21.3 Å². The van der Waals surface area contributed by atoms with E-state index in [1.54, 1.807) is 12.1 Å². The monoisotopic (exact) mass is 271 g/mol. The van der Waals surface area contributed by atoms with Gasteiger partial charge in [0.25, 0.3) is 0 Å². The molecule has 2 nitrogen and oxygen atoms in total. The Kier molecular flexibility index (Phi) is 4.84. The molecular formula is C14H19ClFNO. The van der Waals surface area contributed by atoms with Crippen molar-refractivity contribution in [3.05, 3.63) is 29.6 Å². The zero-order chi connectivity index (χ0) is 13.0. The fraction of sp³-hybridized carbons (Fsp3) is 0.571. The molecule has 2 atom stereocenters. The van der Waals surface area contributed by atoms with E-state index in [0.29, 0.717) is 23.8 Å². The van der Waals surface area contributed by atoms with Crippen molar-refractivity contribution in [2.24, 2.45) is 5.92 Å². The summed E-state index contributed by atoms with van der Waals surface area (Å²) in [5.74, 6) is 0.844. The van der Waals surface area contributed by atoms with E-state index in [0.717, 1.165) is 13.0 Å². The first-order valence-corrected chi connectivity index (χ1v) is 6.81. The average Bonchev–Trinajstić information content (AvgIpc) is 2.77. The first kappa shape index (κ1) is 13.6. The lowest BCUT2D eigenvalue weighted by atomic mass is 10.1. The maximum Gasteiger partial charge on any atom is 0.131 e. The number of rotatable bonds is 5. The van der Waals surface area contributed by atoms with Crippen LogP contribution in [0.1, 0.15) is 24.8 Å². The molecule has 2 rings (SSSR count). The van der Waals surface area contributed by atoms with Crippen LogP contribution in [0.4, 0.5) is 4.39 Å². The van der Waals surface area contributed by atoms with Gasteiger partial charge in [0.1, 0.15) is 11.6 Å². The average molecular weight is 272 g/mol. The Balaban J connectivity index is 1.83. The van der Waals surface area contributed by atoms with Crippen molar-refractivity contribution in [3.63, 3.8) is 0 Å². The minimum absolute atomic E-state index is 0.226. The number of hydrogen-bond donors (Lipinski definition) is 1. The van der Waals surface area contributed by atoms with Crippen molar-refractivity contribution >= 4 is 11.6 Å². The van der Waals surface area contributed by atoms with Crippen LogP contribution in [-0.2, 0) is 6.54 Å². The summed E-state index contributed by atoms with van der Waals surface area (Å²) in [5.41, 5.74) is 0.667. The molecule has 18 heavy (non-hydrogen) atoms. The van der Waals surface area contributed by atoms with Crippen LogP contribution in [0.2, 0.25) is 0 Å². The van der Waals surface area contributed by atoms with E-state index in [9.17, 15) is 4.39 Å². The molecule has 0 aromatic heterocycles. The summed E-state index contributed by atoms with van der Waals surface area (Å²) >= 11 is 6.20. The number of benzene rings is 1. The molecule has 1 aromatic rings. The summed E-state index contributed by atoms with van der Waals surface area (Å²) in [5, 5.41) is 3.56. The fourth-order valence-electron chi connectivity index (χ4n) is 2.41. The van der Waals surface area contributed by atoms with Crippen LogP contribution in [-0.4, -0.2) is 19.0 Å². The largest absolute Gasteiger partial charge is 0.497 e. The van der Waals surface area contributed by atoms with Crippen LogP contribution in [0.5, 0.6) is 5.75 Å². The molecule has 0 amide bonds. The van der Waals surface area contributed by atoms with Gasteiger partial charge in [-0.1, -0.05) is 12.5 Å². The first-order valence-electron chi connectivity index (χ1n) is 6.38. The summed E-state index contributed by atoms with van der Waals surface area (Å²) in [6.45, 7) is 1.40. The first-order chi connectivity index (χ1) is 8.70. The van der Waals surface area contributed by atoms with E-state index >= 15 is 0 Å². The van der Waals surface area contributed by atoms with Gasteiger partial charge in [-0.05, 0) is 31.4 Å². The third-order valence-electron chi connectivity index (χ3n) is 3.55. The molecule has 2 unspecified atom stereocenters. The summed E-state index contributed by atoms with van der Waals surface area (Å²) in [6.07, 6.45) is 3.48. The molecule has 1 saturated carbocycles. The van der Waals surface area contributed by atoms with Gasteiger partial charge in [0.15, 0.2) is 0 Å². The second-order valence-electron chi connectivity index (χ2n) is 4.80. The van der Waals surface area contributed by atoms with Crippen LogP contribution in [0, 0.1) is 11.7 Å². The van der Waals surface area contributed by atoms with E-state index in [-0.39, 0.29) is 11.2 Å². The maximum absolute atomic E-state index is 13.7. The van der Waals surface area contributed by atoms with Crippen LogP contribution in [0.3, 0.4) is 0 Å². The summed E-state index contributed by atoms with van der Waals surface area (Å²) in [4.78, 5) is 0. The SMILES string of the molecule is COc1ccc(CNCC2CCCC2Cl)c(F)c1. The van der Waals surface area contributed by atoms with Gasteiger partial charge >= 0.3 is 0 Å². The van der Waals surface area contributed by atoms with Crippen LogP contribution >= 0.6 is 11.6 Å². The lowest BCUT2D eigenvalue weighted by Gasteiger charge is -2.14. The molecule has 0 radical (unpaired) electrons. The number of nitrogens with one attached hydrogen (secondary N) is 1. The van der Waals surface area contributed by atoms with Gasteiger partial charge in [0, 0.05) is 23.6 Å². The number of methoxy groups -OCH3 is 1. The smallest absolute Gasteiger partial charge is 0.131 e. The van der Waals surface area contributed by atoms with Gasteiger partial charge in [0.2, 0.25) is 0 Å². The summed E-state index contributed by atoms with van der Waals surface area (Å²) in [6, 6.07) is 4.95. The minimum atomic E-state index is -0.226. The molecule has 0 spiro atoms. The third-order valence-corrected chi connectivity index (χ3v) is 4.12. The Morgan fingerprint density at radius 2 is 2.28 bits per heavy atom. The predicted octanol–water partition coefficient (Wildman–Crippen LogP) is 3.33. The van der Waals surface area contributed by atoms with Crippen LogP contribution in [0.15, 0.2) is 18.2 Å². The molecular weight excluding hydrogens is 253 g/mol. The highest BCUT2D eigenvalue weighted by Crippen LogP contribution is 2.29. The lowest BCUT2D eigenvalue weighted by Crippen LogP contribution is -2.25. The van der Waals surface area contributed by atoms with Crippen molar-refractivity contribution in [2.45, 2.75) is 31.2 Å². The lowest BCUT2D eigenvalue weighted by molar-refractivity contribution is 0.410. The highest BCUT2D eigenvalue weighted by molar-refractivity contribution is 6.20. The Bertz CT molecular complexity index is 399. The Labute approximate surface area is 112 Å². The van der Waals surface area contributed by atoms with E-state index in [2.05, 4.69) is 5.32 Å². The molecule has 1 aromatic carbocycles. The van der Waals surface area contributed by atoms with E-state index < -0.39 is 0 Å². The van der Waals surface area contributed by atoms with Crippen LogP contribution in [0.25, 0.3) is 0 Å². The Hall–Kier alpha value is -0.800. The Morgan fingerprint density at radius 1 is 1.44 bits per heavy atom. The van der Waals surface area contributed by atoms with Crippen molar-refractivity contribution < 1.29 is 9.13 Å². The normalized spacial score (nSPS) is 23.3. The second kappa shape index (κ2) is 6.39. The number of alkyl halides is 1. The molecule has 100 valence electrons. The number of halogens is 2. The highest BCUT2D eigenvalue weighted by atomic mass is 35.5. The van der Waals surface area contributed by atoms with Gasteiger partial charge in [-0.3, -0.25) is 0 Å². The van der Waals surface area contributed by atoms with Gasteiger partial charge in [0.05, 0.1) is 7.11 Å².